The molecule has 1 nitrogen and oxygen atoms in total. The van der Waals surface area contributed by atoms with Crippen molar-refractivity contribution in [1.82, 2.24) is 0 Å². The first-order valence-corrected chi connectivity index (χ1v) is 6.36. The zero-order valence-corrected chi connectivity index (χ0v) is 11.4. The Morgan fingerprint density at radius 3 is 2.35 bits per heavy atom. The predicted molar refractivity (Wildman–Crippen MR) is 73.9 cm³/mol. The van der Waals surface area contributed by atoms with Crippen molar-refractivity contribution in [1.29, 1.82) is 0 Å². The van der Waals surface area contributed by atoms with Gasteiger partial charge in [0.15, 0.2) is 0 Å². The van der Waals surface area contributed by atoms with Crippen LogP contribution >= 0.6 is 0 Å². The standard InChI is InChI=1S/C16H24O/c1-5-15(11-12-16(2,3)4)17-13-14-9-7-6-8-10-14/h6-12,15H,5,13H2,1-4H3/b12-11+. The van der Waals surface area contributed by atoms with Gasteiger partial charge >= 0.3 is 0 Å². The van der Waals surface area contributed by atoms with Crippen molar-refractivity contribution in [2.75, 3.05) is 0 Å². The van der Waals surface area contributed by atoms with Crippen LogP contribution < -0.4 is 0 Å². The lowest BCUT2D eigenvalue weighted by Crippen LogP contribution is -2.10. The van der Waals surface area contributed by atoms with Gasteiger partial charge in [0.1, 0.15) is 0 Å². The fourth-order valence-electron chi connectivity index (χ4n) is 1.48. The molecule has 1 unspecified atom stereocenters. The number of ether oxygens (including phenoxy) is 1. The molecule has 0 heterocycles. The zero-order chi connectivity index (χ0) is 12.7. The van der Waals surface area contributed by atoms with Crippen molar-refractivity contribution in [2.24, 2.45) is 5.41 Å². The predicted octanol–water partition coefficient (Wildman–Crippen LogP) is 4.58. The second-order valence-electron chi connectivity index (χ2n) is 5.47. The molecule has 1 atom stereocenters. The highest BCUT2D eigenvalue weighted by Gasteiger charge is 2.07. The monoisotopic (exact) mass is 232 g/mol. The fraction of sp³-hybridized carbons (Fsp3) is 0.500. The summed E-state index contributed by atoms with van der Waals surface area (Å²) >= 11 is 0. The van der Waals surface area contributed by atoms with Crippen molar-refractivity contribution in [3.63, 3.8) is 0 Å². The van der Waals surface area contributed by atoms with E-state index in [4.69, 9.17) is 4.74 Å². The average Bonchev–Trinajstić information content (AvgIpc) is 2.29. The van der Waals surface area contributed by atoms with Crippen LogP contribution in [0.15, 0.2) is 42.5 Å². The second-order valence-corrected chi connectivity index (χ2v) is 5.47. The Balaban J connectivity index is 2.46. The first-order valence-electron chi connectivity index (χ1n) is 6.36. The molecule has 0 radical (unpaired) electrons. The third-order valence-corrected chi connectivity index (χ3v) is 2.52. The Hall–Kier alpha value is -1.08. The lowest BCUT2D eigenvalue weighted by molar-refractivity contribution is 0.0691. The van der Waals surface area contributed by atoms with Gasteiger partial charge in [-0.05, 0) is 17.4 Å². The van der Waals surface area contributed by atoms with Crippen molar-refractivity contribution in [3.05, 3.63) is 48.0 Å². The molecule has 0 aliphatic carbocycles. The Morgan fingerprint density at radius 2 is 1.82 bits per heavy atom. The van der Waals surface area contributed by atoms with Crippen molar-refractivity contribution >= 4 is 0 Å². The van der Waals surface area contributed by atoms with Gasteiger partial charge < -0.3 is 4.74 Å². The Bertz CT molecular complexity index is 332. The van der Waals surface area contributed by atoms with Crippen LogP contribution in [0.1, 0.15) is 39.7 Å². The van der Waals surface area contributed by atoms with Gasteiger partial charge in [0.2, 0.25) is 0 Å². The van der Waals surface area contributed by atoms with E-state index < -0.39 is 0 Å². The van der Waals surface area contributed by atoms with Crippen LogP contribution in [0, 0.1) is 5.41 Å². The maximum absolute atomic E-state index is 5.89. The molecule has 0 fully saturated rings. The molecule has 17 heavy (non-hydrogen) atoms. The minimum absolute atomic E-state index is 0.217. The quantitative estimate of drug-likeness (QED) is 0.675. The molecule has 0 bridgehead atoms. The minimum Gasteiger partial charge on any atom is -0.369 e. The van der Waals surface area contributed by atoms with Crippen molar-refractivity contribution < 1.29 is 4.74 Å². The number of allylic oxidation sites excluding steroid dienone is 1. The summed E-state index contributed by atoms with van der Waals surface area (Å²) in [6, 6.07) is 10.3. The van der Waals surface area contributed by atoms with E-state index in [2.05, 4.69) is 52.0 Å². The maximum Gasteiger partial charge on any atom is 0.0757 e. The van der Waals surface area contributed by atoms with Crippen LogP contribution in [0.4, 0.5) is 0 Å². The molecule has 0 aliphatic heterocycles. The first-order chi connectivity index (χ1) is 8.01. The van der Waals surface area contributed by atoms with Gasteiger partial charge in [0.25, 0.3) is 0 Å². The molecule has 94 valence electrons. The summed E-state index contributed by atoms with van der Waals surface area (Å²) in [7, 11) is 0. The topological polar surface area (TPSA) is 9.23 Å². The van der Waals surface area contributed by atoms with E-state index >= 15 is 0 Å². The SMILES string of the molecule is CCC(/C=C/C(C)(C)C)OCc1ccccc1. The lowest BCUT2D eigenvalue weighted by atomic mass is 9.95. The molecule has 0 aromatic heterocycles. The summed E-state index contributed by atoms with van der Waals surface area (Å²) in [6.45, 7) is 9.45. The number of hydrogen-bond donors (Lipinski definition) is 0. The average molecular weight is 232 g/mol. The maximum atomic E-state index is 5.89. The third-order valence-electron chi connectivity index (χ3n) is 2.52. The molecule has 0 saturated carbocycles. The molecule has 1 heteroatoms. The smallest absolute Gasteiger partial charge is 0.0757 e. The second kappa shape index (κ2) is 6.61. The Morgan fingerprint density at radius 1 is 1.18 bits per heavy atom. The third kappa shape index (κ3) is 6.28. The minimum atomic E-state index is 0.217. The highest BCUT2D eigenvalue weighted by Crippen LogP contribution is 2.16. The van der Waals surface area contributed by atoms with Crippen molar-refractivity contribution in [2.45, 2.75) is 46.8 Å². The molecule has 0 amide bonds. The van der Waals surface area contributed by atoms with Gasteiger partial charge in [0, 0.05) is 0 Å². The summed E-state index contributed by atoms with van der Waals surface area (Å²) in [5.74, 6) is 0. The van der Waals surface area contributed by atoms with Gasteiger partial charge in [-0.2, -0.15) is 0 Å². The molecule has 1 aromatic rings. The van der Waals surface area contributed by atoms with Crippen LogP contribution in [0.3, 0.4) is 0 Å². The largest absolute Gasteiger partial charge is 0.369 e. The molecule has 0 saturated heterocycles. The fourth-order valence-corrected chi connectivity index (χ4v) is 1.48. The van der Waals surface area contributed by atoms with E-state index in [1.165, 1.54) is 5.56 Å². The van der Waals surface area contributed by atoms with E-state index in [-0.39, 0.29) is 11.5 Å². The summed E-state index contributed by atoms with van der Waals surface area (Å²) in [5.41, 5.74) is 1.46. The van der Waals surface area contributed by atoms with Crippen LogP contribution in [0.5, 0.6) is 0 Å². The van der Waals surface area contributed by atoms with Crippen LogP contribution in [-0.2, 0) is 11.3 Å². The molecule has 0 aliphatic rings. The van der Waals surface area contributed by atoms with Gasteiger partial charge in [-0.3, -0.25) is 0 Å². The molecule has 1 aromatic carbocycles. The van der Waals surface area contributed by atoms with Gasteiger partial charge in [-0.25, -0.2) is 0 Å². The normalized spacial score (nSPS) is 14.1. The van der Waals surface area contributed by atoms with Crippen LogP contribution in [0.25, 0.3) is 0 Å². The molecule has 0 N–H and O–H groups in total. The molecular weight excluding hydrogens is 208 g/mol. The summed E-state index contributed by atoms with van der Waals surface area (Å²) in [5, 5.41) is 0. The molecular formula is C16H24O. The van der Waals surface area contributed by atoms with Crippen molar-refractivity contribution in [3.8, 4) is 0 Å². The summed E-state index contributed by atoms with van der Waals surface area (Å²) < 4.78 is 5.89. The Kier molecular flexibility index (Phi) is 5.43. The number of hydrogen-bond acceptors (Lipinski definition) is 1. The number of benzene rings is 1. The van der Waals surface area contributed by atoms with Gasteiger partial charge in [-0.1, -0.05) is 70.2 Å². The highest BCUT2D eigenvalue weighted by atomic mass is 16.5. The van der Waals surface area contributed by atoms with E-state index in [1.54, 1.807) is 0 Å². The van der Waals surface area contributed by atoms with Crippen LogP contribution in [-0.4, -0.2) is 6.10 Å². The summed E-state index contributed by atoms with van der Waals surface area (Å²) in [4.78, 5) is 0. The lowest BCUT2D eigenvalue weighted by Gasteiger charge is -2.16. The van der Waals surface area contributed by atoms with Gasteiger partial charge in [-0.15, -0.1) is 0 Å². The molecule has 0 spiro atoms. The summed E-state index contributed by atoms with van der Waals surface area (Å²) in [6.07, 6.45) is 5.64. The van der Waals surface area contributed by atoms with Gasteiger partial charge in [0.05, 0.1) is 12.7 Å². The number of rotatable bonds is 5. The molecule has 1 rings (SSSR count). The van der Waals surface area contributed by atoms with E-state index in [0.717, 1.165) is 6.42 Å². The van der Waals surface area contributed by atoms with E-state index in [0.29, 0.717) is 6.61 Å². The van der Waals surface area contributed by atoms with E-state index in [1.807, 2.05) is 18.2 Å². The first kappa shape index (κ1) is 14.0. The Labute approximate surface area is 106 Å². The zero-order valence-electron chi connectivity index (χ0n) is 11.4. The van der Waals surface area contributed by atoms with Crippen LogP contribution in [0.2, 0.25) is 0 Å². The highest BCUT2D eigenvalue weighted by molar-refractivity contribution is 5.13. The van der Waals surface area contributed by atoms with E-state index in [9.17, 15) is 0 Å².